The average molecular weight is 599 g/mol. The van der Waals surface area contributed by atoms with Gasteiger partial charge in [-0.25, -0.2) is 9.97 Å². The molecule has 1 saturated heterocycles. The number of amides is 3. The fraction of sp³-hybridized carbons (Fsp3) is 0.143. The second kappa shape index (κ2) is 13.2. The Labute approximate surface area is 259 Å². The highest BCUT2D eigenvalue weighted by Crippen LogP contribution is 2.25. The minimum atomic E-state index is -0.526. The molecule has 6 rings (SSSR count). The van der Waals surface area contributed by atoms with E-state index in [2.05, 4.69) is 25.6 Å². The van der Waals surface area contributed by atoms with E-state index >= 15 is 0 Å². The molecule has 3 amide bonds. The maximum Gasteiger partial charge on any atom is 0.278 e. The third-order valence-corrected chi connectivity index (χ3v) is 7.58. The van der Waals surface area contributed by atoms with Gasteiger partial charge >= 0.3 is 0 Å². The summed E-state index contributed by atoms with van der Waals surface area (Å²) in [5, 5.41) is 17.5. The van der Waals surface area contributed by atoms with Crippen molar-refractivity contribution in [1.82, 2.24) is 20.2 Å². The molecule has 5 aromatic rings. The van der Waals surface area contributed by atoms with Crippen molar-refractivity contribution in [3.05, 3.63) is 131 Å². The maximum absolute atomic E-state index is 13.1. The molecule has 2 heterocycles. The van der Waals surface area contributed by atoms with Crippen molar-refractivity contribution in [2.24, 2.45) is 4.99 Å². The van der Waals surface area contributed by atoms with Crippen molar-refractivity contribution in [3.8, 4) is 5.75 Å². The molecule has 0 aliphatic carbocycles. The number of benzene rings is 4. The van der Waals surface area contributed by atoms with Gasteiger partial charge in [0, 0.05) is 52.8 Å². The summed E-state index contributed by atoms with van der Waals surface area (Å²) in [6.45, 7) is 1.68. The molecule has 1 fully saturated rings. The van der Waals surface area contributed by atoms with Gasteiger partial charge in [0.25, 0.3) is 17.7 Å². The zero-order valence-electron chi connectivity index (χ0n) is 24.3. The highest BCUT2D eigenvalue weighted by atomic mass is 16.3. The number of rotatable bonds is 7. The molecule has 0 radical (unpaired) electrons. The maximum atomic E-state index is 13.1. The van der Waals surface area contributed by atoms with Gasteiger partial charge in [0.1, 0.15) is 23.7 Å². The van der Waals surface area contributed by atoms with E-state index in [0.717, 1.165) is 31.3 Å². The molecule has 1 aliphatic heterocycles. The Morgan fingerprint density at radius 3 is 2.20 bits per heavy atom. The zero-order valence-corrected chi connectivity index (χ0v) is 24.3. The third-order valence-electron chi connectivity index (χ3n) is 7.58. The second-order valence-electron chi connectivity index (χ2n) is 10.6. The third kappa shape index (κ3) is 6.70. The first-order valence-electron chi connectivity index (χ1n) is 14.6. The molecule has 1 aliphatic rings. The quantitative estimate of drug-likeness (QED) is 0.173. The Bertz CT molecular complexity index is 1900. The van der Waals surface area contributed by atoms with Crippen molar-refractivity contribution in [2.45, 2.75) is 19.4 Å². The van der Waals surface area contributed by atoms with Crippen LogP contribution in [0.15, 0.2) is 108 Å². The molecular formula is C35H30N6O4. The van der Waals surface area contributed by atoms with Crippen molar-refractivity contribution in [2.75, 3.05) is 18.4 Å². The number of likely N-dealkylation sites (tertiary alicyclic amines) is 1. The number of nitrogens with zero attached hydrogens (tertiary/aromatic N) is 4. The zero-order chi connectivity index (χ0) is 31.2. The van der Waals surface area contributed by atoms with E-state index in [1.54, 1.807) is 84.9 Å². The average Bonchev–Trinajstić information content (AvgIpc) is 3.63. The molecular weight excluding hydrogens is 568 g/mol. The van der Waals surface area contributed by atoms with Gasteiger partial charge in [-0.3, -0.25) is 14.4 Å². The predicted octanol–water partition coefficient (Wildman–Crippen LogP) is 5.20. The number of aromatic hydroxyl groups is 1. The summed E-state index contributed by atoms with van der Waals surface area (Å²) >= 11 is 0. The summed E-state index contributed by atoms with van der Waals surface area (Å²) in [7, 11) is 0. The Morgan fingerprint density at radius 1 is 0.778 bits per heavy atom. The first-order chi connectivity index (χ1) is 22.0. The van der Waals surface area contributed by atoms with Gasteiger partial charge in [0.15, 0.2) is 0 Å². The van der Waals surface area contributed by atoms with Crippen LogP contribution in [-0.2, 0) is 6.54 Å². The van der Waals surface area contributed by atoms with Crippen molar-refractivity contribution in [1.29, 1.82) is 0 Å². The van der Waals surface area contributed by atoms with Crippen LogP contribution in [-0.4, -0.2) is 56.6 Å². The van der Waals surface area contributed by atoms with E-state index < -0.39 is 11.8 Å². The molecule has 0 saturated carbocycles. The lowest BCUT2D eigenvalue weighted by Crippen LogP contribution is -2.32. The summed E-state index contributed by atoms with van der Waals surface area (Å²) < 4.78 is 0. The van der Waals surface area contributed by atoms with Crippen molar-refractivity contribution >= 4 is 40.3 Å². The van der Waals surface area contributed by atoms with Gasteiger partial charge in [-0.1, -0.05) is 36.4 Å². The Hall–Kier alpha value is -5.90. The van der Waals surface area contributed by atoms with Crippen LogP contribution in [0.4, 0.5) is 5.82 Å². The summed E-state index contributed by atoms with van der Waals surface area (Å²) in [6, 6.07) is 27.3. The van der Waals surface area contributed by atoms with E-state index in [1.807, 2.05) is 11.0 Å². The van der Waals surface area contributed by atoms with Crippen LogP contribution >= 0.6 is 0 Å². The first-order valence-corrected chi connectivity index (χ1v) is 14.6. The van der Waals surface area contributed by atoms with Gasteiger partial charge in [-0.15, -0.1) is 0 Å². The van der Waals surface area contributed by atoms with E-state index in [4.69, 9.17) is 0 Å². The van der Waals surface area contributed by atoms with Crippen LogP contribution < -0.4 is 10.6 Å². The number of carbonyl (C=O) groups excluding carboxylic acids is 3. The fourth-order valence-electron chi connectivity index (χ4n) is 5.17. The number of phenols is 1. The number of nitrogens with one attached hydrogen (secondary N) is 2. The molecule has 4 aromatic carbocycles. The number of amidine groups is 1. The lowest BCUT2D eigenvalue weighted by molar-refractivity contribution is 0.0792. The highest BCUT2D eigenvalue weighted by molar-refractivity contribution is 6.17. The van der Waals surface area contributed by atoms with E-state index in [9.17, 15) is 19.5 Å². The topological polar surface area (TPSA) is 137 Å². The summed E-state index contributed by atoms with van der Waals surface area (Å²) in [4.78, 5) is 53.9. The summed E-state index contributed by atoms with van der Waals surface area (Å²) in [6.07, 6.45) is 3.45. The Balaban J connectivity index is 1.26. The monoisotopic (exact) mass is 598 g/mol. The van der Waals surface area contributed by atoms with E-state index in [0.29, 0.717) is 39.2 Å². The largest absolute Gasteiger partial charge is 0.508 e. The smallest absolute Gasteiger partial charge is 0.278 e. The molecule has 224 valence electrons. The minimum absolute atomic E-state index is 0.00577. The van der Waals surface area contributed by atoms with Gasteiger partial charge in [-0.2, -0.15) is 4.99 Å². The number of aliphatic imine (C=N–C) groups is 1. The van der Waals surface area contributed by atoms with Crippen LogP contribution in [0, 0.1) is 0 Å². The SMILES string of the molecule is O=C(N=C(NC(=O)c1ccccc1)c1ccc(O)c(CNc2ncnc3cc(C(=O)N4CCCC4)ccc23)c1)c1ccccc1. The number of fused-ring (bicyclic) bond motifs is 1. The van der Waals surface area contributed by atoms with E-state index in [-0.39, 0.29) is 24.0 Å². The standard InChI is InChI=1S/C35H30N6O4/c42-30-16-14-25(31(39-33(43)23-9-3-1-4-10-23)40-34(44)24-11-5-2-6-12-24)19-27(30)21-36-32-28-15-13-26(20-29(28)37-22-38-32)35(45)41-17-7-8-18-41/h1-6,9-16,19-20,22,42H,7-8,17-18,21H2,(H,36,37,38)(H,39,40,43,44). The lowest BCUT2D eigenvalue weighted by Gasteiger charge is -2.16. The van der Waals surface area contributed by atoms with Gasteiger partial charge < -0.3 is 20.6 Å². The highest BCUT2D eigenvalue weighted by Gasteiger charge is 2.20. The molecule has 10 nitrogen and oxygen atoms in total. The van der Waals surface area contributed by atoms with Gasteiger partial charge in [0.05, 0.1) is 5.52 Å². The van der Waals surface area contributed by atoms with Crippen molar-refractivity contribution in [3.63, 3.8) is 0 Å². The molecule has 0 bridgehead atoms. The first kappa shape index (κ1) is 29.2. The van der Waals surface area contributed by atoms with Crippen LogP contribution in [0.1, 0.15) is 55.0 Å². The van der Waals surface area contributed by atoms with Crippen LogP contribution in [0.2, 0.25) is 0 Å². The molecule has 0 atom stereocenters. The normalized spacial score (nSPS) is 13.1. The van der Waals surface area contributed by atoms with Crippen molar-refractivity contribution < 1.29 is 19.5 Å². The Kier molecular flexibility index (Phi) is 8.54. The molecule has 0 spiro atoms. The lowest BCUT2D eigenvalue weighted by atomic mass is 10.1. The predicted molar refractivity (Wildman–Crippen MR) is 171 cm³/mol. The number of carbonyl (C=O) groups is 3. The summed E-state index contributed by atoms with van der Waals surface area (Å²) in [5.41, 5.74) is 2.87. The second-order valence-corrected chi connectivity index (χ2v) is 10.6. The number of hydrogen-bond donors (Lipinski definition) is 3. The van der Waals surface area contributed by atoms with E-state index in [1.165, 1.54) is 12.4 Å². The number of anilines is 1. The minimum Gasteiger partial charge on any atom is -0.508 e. The molecule has 3 N–H and O–H groups in total. The summed E-state index contributed by atoms with van der Waals surface area (Å²) in [5.74, 6) is -0.394. The molecule has 10 heteroatoms. The van der Waals surface area contributed by atoms with Crippen LogP contribution in [0.3, 0.4) is 0 Å². The number of aromatic nitrogens is 2. The molecule has 45 heavy (non-hydrogen) atoms. The van der Waals surface area contributed by atoms with Gasteiger partial charge in [-0.05, 0) is 73.5 Å². The van der Waals surface area contributed by atoms with Gasteiger partial charge in [0.2, 0.25) is 0 Å². The molecule has 1 aromatic heterocycles. The Morgan fingerprint density at radius 2 is 1.47 bits per heavy atom. The number of hydrogen-bond acceptors (Lipinski definition) is 7. The fourth-order valence-corrected chi connectivity index (χ4v) is 5.17. The number of phenolic OH excluding ortho intramolecular Hbond substituents is 1. The van der Waals surface area contributed by atoms with Crippen LogP contribution in [0.25, 0.3) is 10.9 Å². The van der Waals surface area contributed by atoms with Crippen LogP contribution in [0.5, 0.6) is 5.75 Å². The molecule has 0 unspecified atom stereocenters.